The molecule has 0 bridgehead atoms. The van der Waals surface area contributed by atoms with Gasteiger partial charge in [-0.1, -0.05) is 99.0 Å². The molecular formula is C39H48N2O4. The van der Waals surface area contributed by atoms with Gasteiger partial charge in [-0.3, -0.25) is 5.43 Å². The molecule has 1 aliphatic rings. The maximum Gasteiger partial charge on any atom is 0.165 e. The molecule has 4 aromatic rings. The van der Waals surface area contributed by atoms with Crippen molar-refractivity contribution in [3.63, 3.8) is 0 Å². The van der Waals surface area contributed by atoms with Crippen molar-refractivity contribution in [1.82, 2.24) is 10.4 Å². The van der Waals surface area contributed by atoms with Crippen LogP contribution in [0.2, 0.25) is 0 Å². The van der Waals surface area contributed by atoms with E-state index in [1.807, 2.05) is 36.4 Å². The Kier molecular flexibility index (Phi) is 12.2. The van der Waals surface area contributed by atoms with Crippen molar-refractivity contribution in [3.8, 4) is 23.0 Å². The third-order valence-corrected chi connectivity index (χ3v) is 8.63. The van der Waals surface area contributed by atoms with Crippen LogP contribution in [0.15, 0.2) is 91.0 Å². The highest BCUT2D eigenvalue weighted by Crippen LogP contribution is 2.39. The molecule has 5 rings (SSSR count). The molecule has 45 heavy (non-hydrogen) atoms. The van der Waals surface area contributed by atoms with Crippen molar-refractivity contribution in [2.75, 3.05) is 20.2 Å². The first kappa shape index (κ1) is 32.4. The molecule has 1 unspecified atom stereocenters. The molecule has 1 aliphatic carbocycles. The molecule has 1 atom stereocenters. The summed E-state index contributed by atoms with van der Waals surface area (Å²) in [6.45, 7) is 5.12. The number of hydrazine groups is 1. The van der Waals surface area contributed by atoms with Crippen LogP contribution < -0.4 is 19.6 Å². The Morgan fingerprint density at radius 3 is 2.24 bits per heavy atom. The van der Waals surface area contributed by atoms with E-state index < -0.39 is 0 Å². The highest BCUT2D eigenvalue weighted by Gasteiger charge is 2.28. The number of rotatable bonds is 17. The number of benzene rings is 4. The van der Waals surface area contributed by atoms with Gasteiger partial charge in [0.2, 0.25) is 0 Å². The minimum atomic E-state index is 0.174. The summed E-state index contributed by atoms with van der Waals surface area (Å²) in [5, 5.41) is 12.5. The Hall–Kier alpha value is -4.00. The number of fused-ring (bicyclic) bond motifs is 1. The van der Waals surface area contributed by atoms with Gasteiger partial charge < -0.3 is 19.3 Å². The fraction of sp³-hybridized carbons (Fsp3) is 0.385. The number of nitrogens with one attached hydrogen (secondary N) is 1. The Bertz CT molecular complexity index is 1460. The number of aromatic hydroxyl groups is 1. The highest BCUT2D eigenvalue weighted by atomic mass is 16.5. The van der Waals surface area contributed by atoms with Gasteiger partial charge in [0.1, 0.15) is 13.2 Å². The van der Waals surface area contributed by atoms with Gasteiger partial charge in [-0.25, -0.2) is 5.01 Å². The minimum absolute atomic E-state index is 0.174. The predicted octanol–water partition coefficient (Wildman–Crippen LogP) is 8.05. The molecular weight excluding hydrogens is 560 g/mol. The van der Waals surface area contributed by atoms with Crippen molar-refractivity contribution in [3.05, 3.63) is 119 Å². The van der Waals surface area contributed by atoms with Crippen LogP contribution in [0.3, 0.4) is 0 Å². The normalized spacial score (nSPS) is 14.2. The van der Waals surface area contributed by atoms with E-state index >= 15 is 0 Å². The van der Waals surface area contributed by atoms with Gasteiger partial charge in [-0.15, -0.1) is 0 Å². The molecule has 0 spiro atoms. The molecule has 2 N–H and O–H groups in total. The summed E-state index contributed by atoms with van der Waals surface area (Å²) in [6.07, 6.45) is 8.71. The van der Waals surface area contributed by atoms with Crippen molar-refractivity contribution in [2.45, 2.75) is 77.5 Å². The number of phenols is 1. The monoisotopic (exact) mass is 608 g/mol. The lowest BCUT2D eigenvalue weighted by molar-refractivity contribution is 0.109. The fourth-order valence-electron chi connectivity index (χ4n) is 6.10. The van der Waals surface area contributed by atoms with Crippen LogP contribution in [-0.4, -0.2) is 36.4 Å². The quantitative estimate of drug-likeness (QED) is 0.0935. The van der Waals surface area contributed by atoms with E-state index in [0.717, 1.165) is 67.0 Å². The molecule has 0 saturated heterocycles. The number of hydrogen-bond acceptors (Lipinski definition) is 6. The predicted molar refractivity (Wildman–Crippen MR) is 181 cm³/mol. The third kappa shape index (κ3) is 9.25. The Morgan fingerprint density at radius 1 is 0.800 bits per heavy atom. The molecule has 0 saturated carbocycles. The number of phenolic OH excluding ortho intramolecular Hbond substituents is 1. The second-order valence-electron chi connectivity index (χ2n) is 11.9. The molecule has 0 radical (unpaired) electrons. The average Bonchev–Trinajstić information content (AvgIpc) is 3.09. The molecule has 6 heteroatoms. The van der Waals surface area contributed by atoms with Gasteiger partial charge in [-0.2, -0.15) is 0 Å². The summed E-state index contributed by atoms with van der Waals surface area (Å²) in [7, 11) is 1.59. The topological polar surface area (TPSA) is 63.2 Å². The zero-order valence-corrected chi connectivity index (χ0v) is 26.8. The summed E-state index contributed by atoms with van der Waals surface area (Å²) in [5.74, 6) is 2.39. The van der Waals surface area contributed by atoms with Crippen LogP contribution in [0.25, 0.3) is 0 Å². The molecule has 0 aromatic heterocycles. The van der Waals surface area contributed by atoms with Gasteiger partial charge in [0.05, 0.1) is 7.11 Å². The number of hydrogen-bond donors (Lipinski definition) is 2. The van der Waals surface area contributed by atoms with E-state index in [-0.39, 0.29) is 5.75 Å². The fourth-order valence-corrected chi connectivity index (χ4v) is 6.10. The van der Waals surface area contributed by atoms with Crippen molar-refractivity contribution in [1.29, 1.82) is 0 Å². The molecule has 4 aromatic carbocycles. The van der Waals surface area contributed by atoms with Crippen LogP contribution in [0.5, 0.6) is 23.0 Å². The van der Waals surface area contributed by atoms with Crippen LogP contribution >= 0.6 is 0 Å². The second-order valence-corrected chi connectivity index (χ2v) is 11.9. The SMILES string of the molecule is CCCCCCN(NCCc1ccc(O)c(OC)c1)C1CCc2c(ccc(OCc3ccccc3)c2OCc2ccccc2)C1. The lowest BCUT2D eigenvalue weighted by Gasteiger charge is -2.36. The Morgan fingerprint density at radius 2 is 1.53 bits per heavy atom. The first-order chi connectivity index (χ1) is 22.1. The third-order valence-electron chi connectivity index (χ3n) is 8.63. The second kappa shape index (κ2) is 16.9. The smallest absolute Gasteiger partial charge is 0.165 e. The maximum atomic E-state index is 9.98. The Balaban J connectivity index is 1.30. The van der Waals surface area contributed by atoms with E-state index in [4.69, 9.17) is 14.2 Å². The van der Waals surface area contributed by atoms with Gasteiger partial charge in [0, 0.05) is 24.7 Å². The highest BCUT2D eigenvalue weighted by molar-refractivity contribution is 5.52. The number of unbranched alkanes of at least 4 members (excludes halogenated alkanes) is 3. The van der Waals surface area contributed by atoms with Crippen LogP contribution in [0, 0.1) is 0 Å². The maximum absolute atomic E-state index is 9.98. The first-order valence-electron chi connectivity index (χ1n) is 16.5. The van der Waals surface area contributed by atoms with Gasteiger partial charge in [0.25, 0.3) is 0 Å². The Labute approximate surface area is 268 Å². The lowest BCUT2D eigenvalue weighted by atomic mass is 9.87. The van der Waals surface area contributed by atoms with E-state index in [0.29, 0.717) is 25.0 Å². The summed E-state index contributed by atoms with van der Waals surface area (Å²) in [5.41, 5.74) is 9.82. The van der Waals surface area contributed by atoms with Gasteiger partial charge >= 0.3 is 0 Å². The number of ether oxygens (including phenoxy) is 3. The van der Waals surface area contributed by atoms with Crippen molar-refractivity contribution in [2.24, 2.45) is 0 Å². The van der Waals surface area contributed by atoms with Crippen molar-refractivity contribution < 1.29 is 19.3 Å². The zero-order chi connectivity index (χ0) is 31.3. The zero-order valence-electron chi connectivity index (χ0n) is 26.8. The number of nitrogens with zero attached hydrogens (tertiary/aromatic N) is 1. The minimum Gasteiger partial charge on any atom is -0.504 e. The van der Waals surface area contributed by atoms with E-state index in [9.17, 15) is 5.11 Å². The van der Waals surface area contributed by atoms with E-state index in [1.54, 1.807) is 13.2 Å². The summed E-state index contributed by atoms with van der Waals surface area (Å²) >= 11 is 0. The first-order valence-corrected chi connectivity index (χ1v) is 16.5. The van der Waals surface area contributed by atoms with Gasteiger partial charge in [0.15, 0.2) is 23.0 Å². The summed E-state index contributed by atoms with van der Waals surface area (Å²) in [6, 6.07) is 31.0. The van der Waals surface area contributed by atoms with E-state index in [2.05, 4.69) is 65.9 Å². The summed E-state index contributed by atoms with van der Waals surface area (Å²) in [4.78, 5) is 0. The standard InChI is InChI=1S/C39H48N2O4/c1-3-4-5-12-25-41(40-24-23-30-17-21-36(42)38(26-30)43-2)34-19-20-35-33(27-34)18-22-37(44-28-31-13-8-6-9-14-31)39(35)45-29-32-15-10-7-11-16-32/h6-11,13-18,21-22,26,34,40,42H,3-5,12,19-20,23-25,27-29H2,1-2H3. The molecule has 238 valence electrons. The molecule has 6 nitrogen and oxygen atoms in total. The molecule has 0 amide bonds. The van der Waals surface area contributed by atoms with Crippen LogP contribution in [0.1, 0.15) is 66.8 Å². The van der Waals surface area contributed by atoms with Crippen LogP contribution in [0.4, 0.5) is 0 Å². The van der Waals surface area contributed by atoms with Crippen LogP contribution in [-0.2, 0) is 32.5 Å². The molecule has 0 fully saturated rings. The van der Waals surface area contributed by atoms with Crippen molar-refractivity contribution >= 4 is 0 Å². The lowest BCUT2D eigenvalue weighted by Crippen LogP contribution is -2.49. The largest absolute Gasteiger partial charge is 0.504 e. The summed E-state index contributed by atoms with van der Waals surface area (Å²) < 4.78 is 18.2. The van der Waals surface area contributed by atoms with E-state index in [1.165, 1.54) is 36.8 Å². The molecule has 0 heterocycles. The average molecular weight is 609 g/mol. The number of methoxy groups -OCH3 is 1. The van der Waals surface area contributed by atoms with Gasteiger partial charge in [-0.05, 0) is 72.6 Å². The molecule has 0 aliphatic heterocycles.